The molecule has 0 aromatic heterocycles. The van der Waals surface area contributed by atoms with E-state index in [1.54, 1.807) is 91.0 Å². The minimum absolute atomic E-state index is 0.00341. The first-order valence-electron chi connectivity index (χ1n) is 40.0. The Morgan fingerprint density at radius 1 is 0.537 bits per heavy atom. The van der Waals surface area contributed by atoms with Crippen LogP contribution in [-0.2, 0) is 104 Å². The van der Waals surface area contributed by atoms with E-state index in [0.717, 1.165) is 33.8 Å². The lowest BCUT2D eigenvalue weighted by Crippen LogP contribution is -2.56. The Labute approximate surface area is 713 Å². The maximum atomic E-state index is 14.8. The van der Waals surface area contributed by atoms with Crippen molar-refractivity contribution in [3.05, 3.63) is 239 Å². The van der Waals surface area contributed by atoms with Crippen LogP contribution in [0.25, 0.3) is 0 Å². The highest BCUT2D eigenvalue weighted by Crippen LogP contribution is 2.51. The lowest BCUT2D eigenvalue weighted by atomic mass is 9.77. The molecule has 1 unspecified atom stereocenters. The molecule has 0 fully saturated rings. The van der Waals surface area contributed by atoms with Crippen LogP contribution in [0.4, 0.5) is 16.2 Å². The molecule has 0 saturated carbocycles. The first kappa shape index (κ1) is 94.6. The molecular weight excluding hydrogens is 1650 g/mol. The van der Waals surface area contributed by atoms with E-state index in [4.69, 9.17) is 9.84 Å². The zero-order valence-corrected chi connectivity index (χ0v) is 70.5. The molecule has 36 heteroatoms. The minimum Gasteiger partial charge on any atom is -0.748 e. The van der Waals surface area contributed by atoms with Gasteiger partial charge in [0.2, 0.25) is 41.1 Å². The van der Waals surface area contributed by atoms with E-state index in [9.17, 15) is 97.1 Å². The number of urea groups is 1. The van der Waals surface area contributed by atoms with Gasteiger partial charge in [-0.1, -0.05) is 133 Å². The van der Waals surface area contributed by atoms with Gasteiger partial charge >= 0.3 is 23.9 Å². The summed E-state index contributed by atoms with van der Waals surface area (Å²) < 4.78 is 113. The molecule has 13 N–H and O–H groups in total. The van der Waals surface area contributed by atoms with Crippen molar-refractivity contribution in [1.29, 1.82) is 0 Å². The fourth-order valence-electron chi connectivity index (χ4n) is 15.1. The first-order valence-corrected chi connectivity index (χ1v) is 44.6. The van der Waals surface area contributed by atoms with Crippen molar-refractivity contribution in [1.82, 2.24) is 42.5 Å². The Bertz CT molecular complexity index is 5380. The molecule has 6 atom stereocenters. The molecule has 0 saturated heterocycles. The zero-order chi connectivity index (χ0) is 89.2. The summed E-state index contributed by atoms with van der Waals surface area (Å²) in [6.07, 6.45) is 7.37. The molecule has 6 aromatic carbocycles. The van der Waals surface area contributed by atoms with Gasteiger partial charge in [-0.25, -0.2) is 22.8 Å². The number of aliphatic carboxylic acids is 3. The lowest BCUT2D eigenvalue weighted by molar-refractivity contribution is -0.437. The standard InChI is InChI=1S/C87H102N10O23S3/c1-86(2)64-29-13-15-31-71(64)96(49-19-51-121(111,112)113)73(86)42-34-60-27-17-28-61(79(60)120-62-36-38-63(39-37-62)123(117,118)119)35-43-74-87(3,65-30-14-16-32-72(65)97(74)50-20-52-122(114,115)116)46-18-33-75(98)92-70(55-59-25-11-6-12-26-59)82(105)93-69(54-58-23-9-5-10-24-58)81(104)90-56-77(100)88-47-48-89-80(103)68(53-57-21-7-4-8-22-57)91-76(99)44-40-66(83(106)107)94-85(110)95-67(84(108)109)41-45-78(101)102/h4-16,21-26,29-32,34-39,42-43,66-70H,17-20,27-28,33,40-41,44-56H2,1-3H3,(H13-,88,89,90,91,92,93,94,95,98,99,100,101,102,103,104,105,106,107,108,109,110,111,112,113,114,115,116,117,118,119)/t66-,67-,68-,69-,70-,87?/m0/s1. The number of ether oxygens (including phenoxy) is 1. The number of nitrogens with one attached hydrogen (secondary N) is 8. The van der Waals surface area contributed by atoms with Gasteiger partial charge in [-0.3, -0.25) is 42.7 Å². The zero-order valence-electron chi connectivity index (χ0n) is 68.0. The van der Waals surface area contributed by atoms with Gasteiger partial charge in [-0.05, 0) is 148 Å². The average Bonchev–Trinajstić information content (AvgIpc) is 1.59. The molecule has 2 heterocycles. The number of rotatable bonds is 45. The largest absolute Gasteiger partial charge is 0.748 e. The van der Waals surface area contributed by atoms with Crippen LogP contribution in [0.1, 0.15) is 126 Å². The Morgan fingerprint density at radius 3 is 1.63 bits per heavy atom. The van der Waals surface area contributed by atoms with Crippen molar-refractivity contribution in [3.63, 3.8) is 0 Å². The first-order chi connectivity index (χ1) is 58.3. The van der Waals surface area contributed by atoms with Gasteiger partial charge in [0.15, 0.2) is 5.71 Å². The molecule has 6 aromatic rings. The van der Waals surface area contributed by atoms with E-state index < -0.39 is 175 Å². The van der Waals surface area contributed by atoms with Crippen LogP contribution >= 0.6 is 0 Å². The molecule has 3 aliphatic rings. The van der Waals surface area contributed by atoms with Gasteiger partial charge in [-0.15, -0.1) is 0 Å². The number of anilines is 1. The summed E-state index contributed by atoms with van der Waals surface area (Å²) >= 11 is 0. The van der Waals surface area contributed by atoms with E-state index in [0.29, 0.717) is 59.4 Å². The van der Waals surface area contributed by atoms with Crippen LogP contribution in [0.2, 0.25) is 0 Å². The average molecular weight is 1750 g/mol. The van der Waals surface area contributed by atoms with Crippen LogP contribution in [0, 0.1) is 0 Å². The Morgan fingerprint density at radius 2 is 1.07 bits per heavy atom. The summed E-state index contributed by atoms with van der Waals surface area (Å²) in [5, 5.41) is 48.4. The van der Waals surface area contributed by atoms with Crippen molar-refractivity contribution in [2.45, 2.75) is 163 Å². The van der Waals surface area contributed by atoms with Crippen molar-refractivity contribution in [2.75, 3.05) is 49.1 Å². The number of carboxylic acid groups (broad SMARTS) is 3. The molecule has 0 bridgehead atoms. The highest BCUT2D eigenvalue weighted by Gasteiger charge is 2.46. The topological polar surface area (TPSA) is 509 Å². The van der Waals surface area contributed by atoms with Crippen molar-refractivity contribution < 1.29 is 111 Å². The Hall–Kier alpha value is -12.2. The second-order valence-corrected chi connectivity index (χ2v) is 35.2. The predicted octanol–water partition coefficient (Wildman–Crippen LogP) is 6.74. The van der Waals surface area contributed by atoms with Crippen LogP contribution in [0.3, 0.4) is 0 Å². The number of fused-ring (bicyclic) bond motifs is 2. The van der Waals surface area contributed by atoms with E-state index in [1.807, 2.05) is 108 Å². The van der Waals surface area contributed by atoms with Gasteiger partial charge in [0.25, 0.3) is 20.2 Å². The number of hydrogen-bond acceptors (Lipinski definition) is 19. The van der Waals surface area contributed by atoms with Crippen molar-refractivity contribution in [2.24, 2.45) is 0 Å². The number of carbonyl (C=O) groups excluding carboxylic acids is 7. The van der Waals surface area contributed by atoms with Gasteiger partial charge in [-0.2, -0.15) is 21.4 Å². The highest BCUT2D eigenvalue weighted by molar-refractivity contribution is 7.86. The van der Waals surface area contributed by atoms with Gasteiger partial charge in [0.05, 0.1) is 32.7 Å². The quantitative estimate of drug-likeness (QED) is 0.0107. The summed E-state index contributed by atoms with van der Waals surface area (Å²) in [6.45, 7) is 5.43. The lowest BCUT2D eigenvalue weighted by Gasteiger charge is -2.31. The van der Waals surface area contributed by atoms with Crippen LogP contribution in [-0.4, -0.2) is 198 Å². The second kappa shape index (κ2) is 43.5. The smallest absolute Gasteiger partial charge is 0.326 e. The Balaban J connectivity index is 0.898. The van der Waals surface area contributed by atoms with Crippen molar-refractivity contribution >= 4 is 107 Å². The maximum absolute atomic E-state index is 14.8. The number of carboxylic acids is 3. The molecule has 656 valence electrons. The molecule has 1 aliphatic carbocycles. The third-order valence-corrected chi connectivity index (χ3v) is 23.7. The molecule has 0 spiro atoms. The fourth-order valence-corrected chi connectivity index (χ4v) is 16.5. The normalized spacial score (nSPS) is 16.9. The molecule has 123 heavy (non-hydrogen) atoms. The number of allylic oxidation sites excluding steroid dienone is 7. The summed E-state index contributed by atoms with van der Waals surface area (Å²) in [5.74, 6) is -9.22. The van der Waals surface area contributed by atoms with Gasteiger partial charge in [0.1, 0.15) is 48.3 Å². The number of nitrogens with zero attached hydrogens (tertiary/aromatic N) is 2. The van der Waals surface area contributed by atoms with Crippen molar-refractivity contribution in [3.8, 4) is 5.75 Å². The minimum atomic E-state index is -4.59. The second-order valence-electron chi connectivity index (χ2n) is 30.7. The summed E-state index contributed by atoms with van der Waals surface area (Å²) in [7, 11) is -13.5. The van der Waals surface area contributed by atoms with Crippen LogP contribution in [0.15, 0.2) is 216 Å². The molecule has 8 amide bonds. The number of benzene rings is 6. The monoisotopic (exact) mass is 1750 g/mol. The molecule has 33 nitrogen and oxygen atoms in total. The van der Waals surface area contributed by atoms with E-state index in [2.05, 4.69) is 37.2 Å². The third-order valence-electron chi connectivity index (χ3n) is 21.3. The predicted molar refractivity (Wildman–Crippen MR) is 453 cm³/mol. The fraction of sp³-hybridized carbons (Fsp3) is 0.368. The van der Waals surface area contributed by atoms with Gasteiger partial charge < -0.3 is 72.0 Å². The molecular formula is C87H102N10O23S3. The molecule has 9 rings (SSSR count). The summed E-state index contributed by atoms with van der Waals surface area (Å²) in [5.41, 5.74) is 6.68. The number of hydrogen-bond donors (Lipinski definition) is 13. The van der Waals surface area contributed by atoms with Crippen LogP contribution in [0.5, 0.6) is 5.75 Å². The van der Waals surface area contributed by atoms with E-state index in [-0.39, 0.29) is 81.8 Å². The molecule has 2 aliphatic heterocycles. The van der Waals surface area contributed by atoms with Crippen LogP contribution < -0.4 is 52.2 Å². The highest BCUT2D eigenvalue weighted by atomic mass is 32.2. The maximum Gasteiger partial charge on any atom is 0.326 e. The van der Waals surface area contributed by atoms with E-state index in [1.165, 1.54) is 24.3 Å². The number of carbonyl (C=O) groups is 10. The summed E-state index contributed by atoms with van der Waals surface area (Å²) in [4.78, 5) is 133. The Kier molecular flexibility index (Phi) is 33.5. The molecule has 0 radical (unpaired) electrons. The SMILES string of the molecule is CC1(C)C(/C=C/C2=C(Oc3ccc(S(=O)(=O)O)cc3)C(=C/C=C3/N(CCCS(=O)(=O)O)c4ccccc4C3(C)CCCC(=O)N[C@@H](Cc3ccccc3)C(=O)N[C@@H](Cc3ccccc3)C(=O)NCC(=O)NCCNC(=O)[C@H](Cc3ccccc3)NC(=O)CC[C@H](NC(=O)N[C@@H](CCC(=O)O)C(=O)O)C(=O)O)/CCC2)=[N+](CCCS(=O)(=O)[O-])c2ccccc21. The number of para-hydroxylation sites is 2. The van der Waals surface area contributed by atoms with Gasteiger partial charge in [0, 0.05) is 105 Å². The number of amides is 8. The third kappa shape index (κ3) is 28.2. The van der Waals surface area contributed by atoms with E-state index >= 15 is 0 Å². The summed E-state index contributed by atoms with van der Waals surface area (Å²) in [6, 6.07) is 38.1.